The van der Waals surface area contributed by atoms with Crippen molar-refractivity contribution in [1.82, 2.24) is 9.88 Å². The molecule has 1 saturated carbocycles. The number of nitro benzene ring substituents is 1. The van der Waals surface area contributed by atoms with Gasteiger partial charge in [-0.25, -0.2) is 4.98 Å². The number of piperazine rings is 1. The number of alkyl halides is 3. The third-order valence-electron chi connectivity index (χ3n) is 6.85. The zero-order valence-electron chi connectivity index (χ0n) is 20.5. The molecule has 0 unspecified atom stereocenters. The lowest BCUT2D eigenvalue weighted by molar-refractivity contribution is -0.388. The number of pyridine rings is 1. The Morgan fingerprint density at radius 2 is 1.84 bits per heavy atom. The van der Waals surface area contributed by atoms with E-state index in [9.17, 15) is 28.1 Å². The van der Waals surface area contributed by atoms with Crippen molar-refractivity contribution in [2.75, 3.05) is 36.4 Å². The van der Waals surface area contributed by atoms with Crippen LogP contribution in [0.15, 0.2) is 36.5 Å². The number of nitrogens with zero attached hydrogens (tertiary/aromatic N) is 4. The van der Waals surface area contributed by atoms with E-state index < -0.39 is 22.4 Å². The Morgan fingerprint density at radius 3 is 2.46 bits per heavy atom. The van der Waals surface area contributed by atoms with Crippen molar-refractivity contribution < 1.29 is 27.6 Å². The molecule has 2 heterocycles. The van der Waals surface area contributed by atoms with E-state index in [2.05, 4.69) is 15.2 Å². The molecule has 1 aromatic carbocycles. The fourth-order valence-electron chi connectivity index (χ4n) is 4.84. The first-order chi connectivity index (χ1) is 17.6. The summed E-state index contributed by atoms with van der Waals surface area (Å²) < 4.78 is 45.9. The number of rotatable bonds is 7. The van der Waals surface area contributed by atoms with Gasteiger partial charge in [0.15, 0.2) is 0 Å². The molecular formula is C25H30F3N5O4. The number of carbonyl (C=O) groups excluding carboxylic acids is 1. The average molecular weight is 522 g/mol. The molecule has 1 aliphatic heterocycles. The van der Waals surface area contributed by atoms with E-state index >= 15 is 0 Å². The van der Waals surface area contributed by atoms with Gasteiger partial charge in [0.25, 0.3) is 5.69 Å². The molecule has 1 saturated heterocycles. The normalized spacial score (nSPS) is 20.4. The molecule has 2 fully saturated rings. The highest BCUT2D eigenvalue weighted by Gasteiger charge is 2.38. The van der Waals surface area contributed by atoms with Crippen LogP contribution in [0.2, 0.25) is 0 Å². The molecule has 200 valence electrons. The molecule has 0 bridgehead atoms. The van der Waals surface area contributed by atoms with Gasteiger partial charge in [0, 0.05) is 68.3 Å². The van der Waals surface area contributed by atoms with Gasteiger partial charge in [0.05, 0.1) is 4.92 Å². The number of amides is 1. The maximum Gasteiger partial charge on any atom is 0.423 e. The predicted octanol–water partition coefficient (Wildman–Crippen LogP) is 4.87. The van der Waals surface area contributed by atoms with Crippen molar-refractivity contribution in [1.29, 1.82) is 0 Å². The smallest absolute Gasteiger partial charge is 0.423 e. The molecule has 0 radical (unpaired) electrons. The largest absolute Gasteiger partial charge is 0.474 e. The standard InChI is InChI=1S/C25H30F3N5O4/c1-2-24(34)32-13-11-31(12-14-32)19-9-10-29-23(16-19)37-20-6-3-17(4-7-20)30-18-5-8-22(33(35)36)21(15-18)25(26,27)28/h5,8-10,15-17,20,30H,2-4,6-7,11-14H2,1H3. The molecule has 0 atom stereocenters. The topological polar surface area (TPSA) is 101 Å². The van der Waals surface area contributed by atoms with Gasteiger partial charge in [0.2, 0.25) is 11.8 Å². The Kier molecular flexibility index (Phi) is 8.03. The minimum absolute atomic E-state index is 0.0659. The van der Waals surface area contributed by atoms with Crippen molar-refractivity contribution in [3.05, 3.63) is 52.2 Å². The molecule has 12 heteroatoms. The molecule has 4 rings (SSSR count). The van der Waals surface area contributed by atoms with E-state index in [0.717, 1.165) is 30.9 Å². The number of nitro groups is 1. The predicted molar refractivity (Wildman–Crippen MR) is 132 cm³/mol. The molecule has 1 amide bonds. The maximum absolute atomic E-state index is 13.3. The van der Waals surface area contributed by atoms with E-state index in [1.807, 2.05) is 24.0 Å². The van der Waals surface area contributed by atoms with Gasteiger partial charge in [-0.1, -0.05) is 6.92 Å². The SMILES string of the molecule is CCC(=O)N1CCN(c2ccnc(OC3CCC(Nc4ccc([N+](=O)[O-])c(C(F)(F)F)c4)CC3)c2)CC1. The van der Waals surface area contributed by atoms with Gasteiger partial charge >= 0.3 is 6.18 Å². The number of ether oxygens (including phenoxy) is 1. The van der Waals surface area contributed by atoms with E-state index in [-0.39, 0.29) is 23.7 Å². The zero-order chi connectivity index (χ0) is 26.6. The summed E-state index contributed by atoms with van der Waals surface area (Å²) in [5.41, 5.74) is -1.02. The summed E-state index contributed by atoms with van der Waals surface area (Å²) in [6, 6.07) is 6.75. The number of hydrogen-bond donors (Lipinski definition) is 1. The number of nitrogens with one attached hydrogen (secondary N) is 1. The van der Waals surface area contributed by atoms with Crippen molar-refractivity contribution in [3.63, 3.8) is 0 Å². The third kappa shape index (κ3) is 6.60. The lowest BCUT2D eigenvalue weighted by Gasteiger charge is -2.36. The lowest BCUT2D eigenvalue weighted by atomic mass is 9.92. The Labute approximate surface area is 212 Å². The average Bonchev–Trinajstić information content (AvgIpc) is 2.89. The van der Waals surface area contributed by atoms with Crippen LogP contribution in [0, 0.1) is 10.1 Å². The second-order valence-electron chi connectivity index (χ2n) is 9.30. The van der Waals surface area contributed by atoms with Crippen LogP contribution >= 0.6 is 0 Å². The van der Waals surface area contributed by atoms with Crippen molar-refractivity contribution in [3.8, 4) is 5.88 Å². The summed E-state index contributed by atoms with van der Waals surface area (Å²) in [6.45, 7) is 4.71. The Bertz CT molecular complexity index is 1110. The Morgan fingerprint density at radius 1 is 1.14 bits per heavy atom. The first kappa shape index (κ1) is 26.5. The second kappa shape index (κ2) is 11.2. The minimum Gasteiger partial charge on any atom is -0.474 e. The number of hydrogen-bond acceptors (Lipinski definition) is 7. The van der Waals surface area contributed by atoms with E-state index in [1.54, 1.807) is 6.20 Å². The van der Waals surface area contributed by atoms with Crippen LogP contribution in [0.25, 0.3) is 0 Å². The first-order valence-corrected chi connectivity index (χ1v) is 12.4. The molecule has 1 aliphatic carbocycles. The molecule has 2 aromatic rings. The number of benzene rings is 1. The van der Waals surface area contributed by atoms with E-state index in [0.29, 0.717) is 51.1 Å². The van der Waals surface area contributed by atoms with Crippen LogP contribution in [-0.4, -0.2) is 59.0 Å². The maximum atomic E-state index is 13.3. The Hall–Kier alpha value is -3.57. The molecule has 2 aliphatic rings. The second-order valence-corrected chi connectivity index (χ2v) is 9.30. The molecule has 1 N–H and O–H groups in total. The molecule has 9 nitrogen and oxygen atoms in total. The highest BCUT2D eigenvalue weighted by molar-refractivity contribution is 5.76. The summed E-state index contributed by atoms with van der Waals surface area (Å²) in [7, 11) is 0. The van der Waals surface area contributed by atoms with Gasteiger partial charge in [-0.3, -0.25) is 14.9 Å². The summed E-state index contributed by atoms with van der Waals surface area (Å²) in [5, 5.41) is 14.0. The number of aromatic nitrogens is 1. The highest BCUT2D eigenvalue weighted by atomic mass is 19.4. The fourth-order valence-corrected chi connectivity index (χ4v) is 4.84. The van der Waals surface area contributed by atoms with Crippen LogP contribution in [-0.2, 0) is 11.0 Å². The molecule has 0 spiro atoms. The summed E-state index contributed by atoms with van der Waals surface area (Å²) in [6.07, 6.45) is 0.0742. The molecular weight excluding hydrogens is 491 g/mol. The lowest BCUT2D eigenvalue weighted by Crippen LogP contribution is -2.48. The molecule has 37 heavy (non-hydrogen) atoms. The summed E-state index contributed by atoms with van der Waals surface area (Å²) in [5.74, 6) is 0.684. The van der Waals surface area contributed by atoms with Gasteiger partial charge in [-0.05, 0) is 43.9 Å². The van der Waals surface area contributed by atoms with Crippen LogP contribution in [0.4, 0.5) is 30.2 Å². The number of anilines is 2. The zero-order valence-corrected chi connectivity index (χ0v) is 20.5. The fraction of sp³-hybridized carbons (Fsp3) is 0.520. The van der Waals surface area contributed by atoms with Gasteiger partial charge in [-0.15, -0.1) is 0 Å². The van der Waals surface area contributed by atoms with Crippen LogP contribution in [0.5, 0.6) is 5.88 Å². The summed E-state index contributed by atoms with van der Waals surface area (Å²) in [4.78, 5) is 30.3. The van der Waals surface area contributed by atoms with Crippen molar-refractivity contribution in [2.24, 2.45) is 0 Å². The van der Waals surface area contributed by atoms with Crippen LogP contribution in [0.3, 0.4) is 0 Å². The van der Waals surface area contributed by atoms with Crippen LogP contribution in [0.1, 0.15) is 44.6 Å². The number of carbonyl (C=O) groups is 1. The van der Waals surface area contributed by atoms with Crippen molar-refractivity contribution in [2.45, 2.75) is 57.3 Å². The van der Waals surface area contributed by atoms with Crippen LogP contribution < -0.4 is 15.0 Å². The van der Waals surface area contributed by atoms with E-state index in [4.69, 9.17) is 4.74 Å². The van der Waals surface area contributed by atoms with Gasteiger partial charge in [-0.2, -0.15) is 13.2 Å². The van der Waals surface area contributed by atoms with Gasteiger partial charge < -0.3 is 19.9 Å². The summed E-state index contributed by atoms with van der Waals surface area (Å²) >= 11 is 0. The van der Waals surface area contributed by atoms with Crippen molar-refractivity contribution >= 4 is 23.0 Å². The highest BCUT2D eigenvalue weighted by Crippen LogP contribution is 2.38. The minimum atomic E-state index is -4.81. The number of halogens is 3. The first-order valence-electron chi connectivity index (χ1n) is 12.4. The molecule has 1 aromatic heterocycles. The van der Waals surface area contributed by atoms with Gasteiger partial charge in [0.1, 0.15) is 11.7 Å². The van der Waals surface area contributed by atoms with E-state index in [1.165, 1.54) is 6.07 Å². The quantitative estimate of drug-likeness (QED) is 0.410. The Balaban J connectivity index is 1.30. The third-order valence-corrected chi connectivity index (χ3v) is 6.85. The monoisotopic (exact) mass is 521 g/mol.